The molecule has 1 unspecified atom stereocenters. The first-order valence-electron chi connectivity index (χ1n) is 7.26. The van der Waals surface area contributed by atoms with Crippen LogP contribution < -0.4 is 5.32 Å². The van der Waals surface area contributed by atoms with E-state index in [1.807, 2.05) is 7.05 Å². The van der Waals surface area contributed by atoms with Gasteiger partial charge in [0.1, 0.15) is 0 Å². The molecule has 0 saturated carbocycles. The Morgan fingerprint density at radius 2 is 2.18 bits per heavy atom. The van der Waals surface area contributed by atoms with Crippen LogP contribution in [0.25, 0.3) is 0 Å². The highest BCUT2D eigenvalue weighted by molar-refractivity contribution is 7.89. The summed E-state index contributed by atoms with van der Waals surface area (Å²) in [5.41, 5.74) is 0.328. The zero-order valence-corrected chi connectivity index (χ0v) is 13.6. The number of aryl methyl sites for hydroxylation is 1. The highest BCUT2D eigenvalue weighted by Gasteiger charge is 2.31. The number of hydrogen-bond acceptors (Lipinski definition) is 5. The Morgan fingerprint density at radius 3 is 2.82 bits per heavy atom. The Balaban J connectivity index is 2.33. The number of sulfonamides is 1. The van der Waals surface area contributed by atoms with Crippen LogP contribution in [0, 0.1) is 23.0 Å². The summed E-state index contributed by atoms with van der Waals surface area (Å²) >= 11 is 0. The first kappa shape index (κ1) is 16.9. The molecular weight excluding hydrogens is 306 g/mol. The van der Waals surface area contributed by atoms with Crippen molar-refractivity contribution in [3.8, 4) is 0 Å². The molecular formula is C14H21N3O4S. The van der Waals surface area contributed by atoms with Crippen LogP contribution in [0.3, 0.4) is 0 Å². The highest BCUT2D eigenvalue weighted by Crippen LogP contribution is 2.28. The van der Waals surface area contributed by atoms with Crippen molar-refractivity contribution in [1.82, 2.24) is 9.62 Å². The Bertz CT molecular complexity index is 658. The molecule has 0 radical (unpaired) electrons. The third kappa shape index (κ3) is 3.45. The van der Waals surface area contributed by atoms with E-state index in [9.17, 15) is 18.5 Å². The molecule has 1 N–H and O–H groups in total. The van der Waals surface area contributed by atoms with E-state index >= 15 is 0 Å². The standard InChI is InChI=1S/C14H21N3O4S/c1-11-5-6-13(17(18)19)8-14(11)22(20,21)16-7-3-4-12(10-16)9-15-2/h5-6,8,12,15H,3-4,7,9-10H2,1-2H3. The Morgan fingerprint density at radius 1 is 1.45 bits per heavy atom. The summed E-state index contributed by atoms with van der Waals surface area (Å²) in [7, 11) is -1.85. The molecule has 0 amide bonds. The molecule has 8 heteroatoms. The number of hydrogen-bond donors (Lipinski definition) is 1. The number of benzene rings is 1. The minimum atomic E-state index is -3.70. The van der Waals surface area contributed by atoms with Gasteiger partial charge >= 0.3 is 0 Å². The van der Waals surface area contributed by atoms with Gasteiger partial charge in [0, 0.05) is 25.2 Å². The van der Waals surface area contributed by atoms with Crippen LogP contribution in [-0.4, -0.2) is 44.3 Å². The number of nitrogens with one attached hydrogen (secondary N) is 1. The van der Waals surface area contributed by atoms with Gasteiger partial charge in [0.25, 0.3) is 5.69 Å². The average molecular weight is 327 g/mol. The molecule has 1 saturated heterocycles. The molecule has 1 aromatic carbocycles. The van der Waals surface area contributed by atoms with E-state index in [1.165, 1.54) is 16.4 Å². The lowest BCUT2D eigenvalue weighted by molar-refractivity contribution is -0.385. The smallest absolute Gasteiger partial charge is 0.270 e. The number of nitrogens with zero attached hydrogens (tertiary/aromatic N) is 2. The molecule has 1 atom stereocenters. The van der Waals surface area contributed by atoms with E-state index in [-0.39, 0.29) is 16.5 Å². The molecule has 1 heterocycles. The maximum absolute atomic E-state index is 12.8. The second-order valence-electron chi connectivity index (χ2n) is 5.64. The third-order valence-corrected chi connectivity index (χ3v) is 5.98. The van der Waals surface area contributed by atoms with E-state index in [4.69, 9.17) is 0 Å². The SMILES string of the molecule is CNCC1CCCN(S(=O)(=O)c2cc([N+](=O)[O-])ccc2C)C1. The second-order valence-corrected chi connectivity index (χ2v) is 7.54. The van der Waals surface area contributed by atoms with E-state index < -0.39 is 14.9 Å². The fourth-order valence-electron chi connectivity index (χ4n) is 2.82. The summed E-state index contributed by atoms with van der Waals surface area (Å²) in [6, 6.07) is 3.97. The van der Waals surface area contributed by atoms with Crippen molar-refractivity contribution in [2.24, 2.45) is 5.92 Å². The Labute approximate surface area is 130 Å². The topological polar surface area (TPSA) is 92.6 Å². The first-order chi connectivity index (χ1) is 10.4. The molecule has 1 fully saturated rings. The minimum Gasteiger partial charge on any atom is -0.319 e. The number of piperidine rings is 1. The van der Waals surface area contributed by atoms with Gasteiger partial charge in [0.05, 0.1) is 9.82 Å². The van der Waals surface area contributed by atoms with Crippen LogP contribution in [0.4, 0.5) is 5.69 Å². The fourth-order valence-corrected chi connectivity index (χ4v) is 4.62. The van der Waals surface area contributed by atoms with Crippen LogP contribution in [0.15, 0.2) is 23.1 Å². The number of non-ortho nitro benzene ring substituents is 1. The zero-order valence-electron chi connectivity index (χ0n) is 12.8. The molecule has 1 aliphatic rings. The maximum Gasteiger partial charge on any atom is 0.270 e. The predicted molar refractivity (Wildman–Crippen MR) is 83.2 cm³/mol. The van der Waals surface area contributed by atoms with Crippen molar-refractivity contribution in [2.75, 3.05) is 26.7 Å². The Kier molecular flexibility index (Phi) is 5.15. The third-order valence-electron chi connectivity index (χ3n) is 3.97. The van der Waals surface area contributed by atoms with Crippen molar-refractivity contribution in [3.63, 3.8) is 0 Å². The van der Waals surface area contributed by atoms with Gasteiger partial charge in [-0.2, -0.15) is 4.31 Å². The van der Waals surface area contributed by atoms with Crippen molar-refractivity contribution in [2.45, 2.75) is 24.7 Å². The number of nitro groups is 1. The van der Waals surface area contributed by atoms with Crippen LogP contribution in [0.5, 0.6) is 0 Å². The summed E-state index contributed by atoms with van der Waals surface area (Å²) in [5.74, 6) is 0.271. The summed E-state index contributed by atoms with van der Waals surface area (Å²) in [4.78, 5) is 10.4. The Hall–Kier alpha value is -1.51. The highest BCUT2D eigenvalue weighted by atomic mass is 32.2. The molecule has 0 bridgehead atoms. The largest absolute Gasteiger partial charge is 0.319 e. The lowest BCUT2D eigenvalue weighted by Gasteiger charge is -2.32. The summed E-state index contributed by atoms with van der Waals surface area (Å²) in [6.07, 6.45) is 1.79. The number of nitro benzene ring substituents is 1. The van der Waals surface area contributed by atoms with Crippen molar-refractivity contribution < 1.29 is 13.3 Å². The lowest BCUT2D eigenvalue weighted by atomic mass is 10.00. The maximum atomic E-state index is 12.8. The van der Waals surface area contributed by atoms with Crippen molar-refractivity contribution in [3.05, 3.63) is 33.9 Å². The fraction of sp³-hybridized carbons (Fsp3) is 0.571. The predicted octanol–water partition coefficient (Wildman–Crippen LogP) is 1.52. The van der Waals surface area contributed by atoms with Crippen LogP contribution in [-0.2, 0) is 10.0 Å². The van der Waals surface area contributed by atoms with E-state index in [0.717, 1.165) is 25.5 Å². The molecule has 22 heavy (non-hydrogen) atoms. The molecule has 0 aliphatic carbocycles. The second kappa shape index (κ2) is 6.72. The van der Waals surface area contributed by atoms with Crippen LogP contribution in [0.2, 0.25) is 0 Å². The van der Waals surface area contributed by atoms with Gasteiger partial charge in [-0.1, -0.05) is 6.07 Å². The van der Waals surface area contributed by atoms with E-state index in [0.29, 0.717) is 18.7 Å². The van der Waals surface area contributed by atoms with Gasteiger partial charge in [0.2, 0.25) is 10.0 Å². The van der Waals surface area contributed by atoms with Gasteiger partial charge in [-0.3, -0.25) is 10.1 Å². The molecule has 1 aliphatic heterocycles. The monoisotopic (exact) mass is 327 g/mol. The lowest BCUT2D eigenvalue weighted by Crippen LogP contribution is -2.42. The van der Waals surface area contributed by atoms with Crippen LogP contribution >= 0.6 is 0 Å². The van der Waals surface area contributed by atoms with Gasteiger partial charge < -0.3 is 5.32 Å². The first-order valence-corrected chi connectivity index (χ1v) is 8.70. The van der Waals surface area contributed by atoms with Crippen molar-refractivity contribution in [1.29, 1.82) is 0 Å². The normalized spacial score (nSPS) is 20.0. The number of rotatable bonds is 5. The minimum absolute atomic E-state index is 0.0341. The van der Waals surface area contributed by atoms with Gasteiger partial charge in [-0.05, 0) is 44.8 Å². The molecule has 7 nitrogen and oxygen atoms in total. The zero-order chi connectivity index (χ0) is 16.3. The molecule has 0 spiro atoms. The molecule has 122 valence electrons. The van der Waals surface area contributed by atoms with Gasteiger partial charge in [-0.15, -0.1) is 0 Å². The van der Waals surface area contributed by atoms with Gasteiger partial charge in [-0.25, -0.2) is 8.42 Å². The van der Waals surface area contributed by atoms with Crippen LogP contribution in [0.1, 0.15) is 18.4 Å². The quantitative estimate of drug-likeness (QED) is 0.654. The van der Waals surface area contributed by atoms with E-state index in [2.05, 4.69) is 5.32 Å². The van der Waals surface area contributed by atoms with Crippen molar-refractivity contribution >= 4 is 15.7 Å². The average Bonchev–Trinajstić information content (AvgIpc) is 2.48. The summed E-state index contributed by atoms with van der Waals surface area (Å²) < 4.78 is 27.1. The summed E-state index contributed by atoms with van der Waals surface area (Å²) in [6.45, 7) is 3.33. The summed E-state index contributed by atoms with van der Waals surface area (Å²) in [5, 5.41) is 14.0. The molecule has 0 aromatic heterocycles. The van der Waals surface area contributed by atoms with E-state index in [1.54, 1.807) is 6.92 Å². The molecule has 1 aromatic rings. The molecule has 2 rings (SSSR count). The van der Waals surface area contributed by atoms with Gasteiger partial charge in [0.15, 0.2) is 0 Å².